The predicted octanol–water partition coefficient (Wildman–Crippen LogP) is 6.39. The third kappa shape index (κ3) is 2.59. The zero-order valence-corrected chi connectivity index (χ0v) is 17.7. The maximum Gasteiger partial charge on any atom is 0.214 e. The molecule has 2 saturated carbocycles. The van der Waals surface area contributed by atoms with Crippen LogP contribution in [-0.4, -0.2) is 19.2 Å². The summed E-state index contributed by atoms with van der Waals surface area (Å²) >= 11 is 6.04. The normalized spacial score (nSPS) is 22.8. The molecule has 152 valence electrons. The van der Waals surface area contributed by atoms with Gasteiger partial charge < -0.3 is 14.7 Å². The molecule has 0 bridgehead atoms. The van der Waals surface area contributed by atoms with Gasteiger partial charge in [-0.1, -0.05) is 50.3 Å². The van der Waals surface area contributed by atoms with Crippen molar-refractivity contribution in [1.29, 1.82) is 0 Å². The number of fused-ring (bicyclic) bond motifs is 4. The number of H-pyrrole nitrogens is 1. The molecule has 2 fully saturated rings. The number of rotatable bonds is 2. The lowest BCUT2D eigenvalue weighted by Gasteiger charge is -2.35. The Kier molecular flexibility index (Phi) is 4.15. The van der Waals surface area contributed by atoms with Gasteiger partial charge in [0.05, 0.1) is 11.7 Å². The summed E-state index contributed by atoms with van der Waals surface area (Å²) in [6.07, 6.45) is 11.9. The molecule has 4 nitrogen and oxygen atoms in total. The zero-order valence-electron chi connectivity index (χ0n) is 16.9. The molecule has 5 heteroatoms. The largest absolute Gasteiger partial charge is 0.493 e. The minimum absolute atomic E-state index is 0.225. The fourth-order valence-corrected chi connectivity index (χ4v) is 6.83. The van der Waals surface area contributed by atoms with E-state index in [1.165, 1.54) is 67.1 Å². The Morgan fingerprint density at radius 1 is 0.931 bits per heavy atom. The Morgan fingerprint density at radius 2 is 1.66 bits per heavy atom. The monoisotopic (exact) mass is 407 g/mol. The Balaban J connectivity index is 1.58. The average molecular weight is 408 g/mol. The van der Waals surface area contributed by atoms with Crippen LogP contribution in [0.2, 0.25) is 0 Å². The summed E-state index contributed by atoms with van der Waals surface area (Å²) in [5.41, 5.74) is 4.95. The Labute approximate surface area is 176 Å². The molecule has 29 heavy (non-hydrogen) atoms. The third-order valence-electron chi connectivity index (χ3n) is 7.74. The minimum atomic E-state index is 0.225. The SMILES string of the molecule is Oc1c2n(c(=S)n1C1CCCC1)C(C1CCCCC1)c1[nH]c3ccccc3c1C2. The van der Waals surface area contributed by atoms with Crippen LogP contribution in [0.3, 0.4) is 0 Å². The molecule has 2 aliphatic carbocycles. The van der Waals surface area contributed by atoms with Crippen molar-refractivity contribution in [3.8, 4) is 5.88 Å². The van der Waals surface area contributed by atoms with E-state index in [0.717, 1.165) is 29.7 Å². The van der Waals surface area contributed by atoms with Crippen LogP contribution in [0.4, 0.5) is 0 Å². The summed E-state index contributed by atoms with van der Waals surface area (Å²) in [4.78, 5) is 3.77. The van der Waals surface area contributed by atoms with E-state index in [1.807, 2.05) is 0 Å². The molecule has 6 rings (SSSR count). The van der Waals surface area contributed by atoms with Gasteiger partial charge in [-0.2, -0.15) is 0 Å². The van der Waals surface area contributed by atoms with E-state index < -0.39 is 0 Å². The number of aromatic amines is 1. The number of imidazole rings is 1. The van der Waals surface area contributed by atoms with Gasteiger partial charge in [0.15, 0.2) is 4.77 Å². The smallest absolute Gasteiger partial charge is 0.214 e. The van der Waals surface area contributed by atoms with Crippen molar-refractivity contribution in [1.82, 2.24) is 14.1 Å². The summed E-state index contributed by atoms with van der Waals surface area (Å²) in [5, 5.41) is 12.6. The number of aromatic hydroxyl groups is 1. The number of nitrogens with zero attached hydrogens (tertiary/aromatic N) is 2. The van der Waals surface area contributed by atoms with E-state index in [0.29, 0.717) is 17.8 Å². The number of hydrogen-bond donors (Lipinski definition) is 2. The van der Waals surface area contributed by atoms with Gasteiger partial charge in [0.2, 0.25) is 5.88 Å². The second-order valence-electron chi connectivity index (χ2n) is 9.31. The fourth-order valence-electron chi connectivity index (χ4n) is 6.37. The van der Waals surface area contributed by atoms with Crippen LogP contribution in [0.25, 0.3) is 10.9 Å². The van der Waals surface area contributed by atoms with Gasteiger partial charge in [0, 0.05) is 29.1 Å². The topological polar surface area (TPSA) is 45.9 Å². The first-order valence-corrected chi connectivity index (χ1v) is 11.8. The van der Waals surface area contributed by atoms with Crippen molar-refractivity contribution in [2.45, 2.75) is 76.3 Å². The minimum Gasteiger partial charge on any atom is -0.493 e. The maximum atomic E-state index is 11.3. The van der Waals surface area contributed by atoms with Crippen molar-refractivity contribution in [3.05, 3.63) is 46.0 Å². The van der Waals surface area contributed by atoms with E-state index >= 15 is 0 Å². The quantitative estimate of drug-likeness (QED) is 0.483. The molecular formula is C24H29N3OS. The van der Waals surface area contributed by atoms with E-state index in [-0.39, 0.29) is 6.04 Å². The van der Waals surface area contributed by atoms with E-state index in [9.17, 15) is 5.11 Å². The lowest BCUT2D eigenvalue weighted by atomic mass is 9.80. The summed E-state index contributed by atoms with van der Waals surface area (Å²) in [5.74, 6) is 1.01. The van der Waals surface area contributed by atoms with Crippen LogP contribution < -0.4 is 0 Å². The van der Waals surface area contributed by atoms with Crippen molar-refractivity contribution in [2.24, 2.45) is 5.92 Å². The highest BCUT2D eigenvalue weighted by Gasteiger charge is 2.39. The molecule has 3 heterocycles. The van der Waals surface area contributed by atoms with Crippen LogP contribution in [0, 0.1) is 10.7 Å². The number of aromatic nitrogens is 3. The molecule has 1 aliphatic heterocycles. The second-order valence-corrected chi connectivity index (χ2v) is 9.68. The third-order valence-corrected chi connectivity index (χ3v) is 8.13. The van der Waals surface area contributed by atoms with Gasteiger partial charge in [-0.15, -0.1) is 0 Å². The molecule has 0 amide bonds. The highest BCUT2D eigenvalue weighted by molar-refractivity contribution is 7.71. The van der Waals surface area contributed by atoms with E-state index in [4.69, 9.17) is 12.2 Å². The number of nitrogens with one attached hydrogen (secondary N) is 1. The van der Waals surface area contributed by atoms with Gasteiger partial charge in [-0.05, 0) is 55.4 Å². The second kappa shape index (κ2) is 6.76. The fraction of sp³-hybridized carbons (Fsp3) is 0.542. The molecule has 3 aliphatic rings. The van der Waals surface area contributed by atoms with E-state index in [2.05, 4.69) is 38.4 Å². The summed E-state index contributed by atoms with van der Waals surface area (Å²) < 4.78 is 5.28. The molecule has 3 aromatic rings. The van der Waals surface area contributed by atoms with Gasteiger partial charge in [-0.3, -0.25) is 4.57 Å². The van der Waals surface area contributed by atoms with Crippen molar-refractivity contribution in [2.75, 3.05) is 0 Å². The Bertz CT molecular complexity index is 1130. The van der Waals surface area contributed by atoms with Crippen LogP contribution in [0.1, 0.15) is 86.8 Å². The number of hydrogen-bond acceptors (Lipinski definition) is 2. The van der Waals surface area contributed by atoms with Crippen molar-refractivity contribution in [3.63, 3.8) is 0 Å². The molecule has 1 unspecified atom stereocenters. The molecule has 1 atom stereocenters. The summed E-state index contributed by atoms with van der Waals surface area (Å²) in [6.45, 7) is 0. The highest BCUT2D eigenvalue weighted by atomic mass is 32.1. The molecule has 0 spiro atoms. The molecule has 1 aromatic carbocycles. The van der Waals surface area contributed by atoms with Crippen LogP contribution in [-0.2, 0) is 6.42 Å². The van der Waals surface area contributed by atoms with Crippen LogP contribution in [0.15, 0.2) is 24.3 Å². The Hall–Kier alpha value is -2.01. The van der Waals surface area contributed by atoms with Crippen molar-refractivity contribution < 1.29 is 5.11 Å². The first-order chi connectivity index (χ1) is 14.2. The maximum absolute atomic E-state index is 11.3. The first-order valence-electron chi connectivity index (χ1n) is 11.4. The van der Waals surface area contributed by atoms with Gasteiger partial charge in [0.1, 0.15) is 0 Å². The first kappa shape index (κ1) is 17.8. The molecule has 2 aromatic heterocycles. The highest BCUT2D eigenvalue weighted by Crippen LogP contribution is 2.47. The number of para-hydroxylation sites is 1. The van der Waals surface area contributed by atoms with Crippen LogP contribution >= 0.6 is 12.2 Å². The van der Waals surface area contributed by atoms with Gasteiger partial charge in [0.25, 0.3) is 0 Å². The van der Waals surface area contributed by atoms with E-state index in [1.54, 1.807) is 0 Å². The molecule has 2 N–H and O–H groups in total. The number of benzene rings is 1. The zero-order chi connectivity index (χ0) is 19.5. The molecule has 0 saturated heterocycles. The standard InChI is InChI=1S/C24H29N3OS/c28-23-20-14-18-17-12-6-7-13-19(17)25-21(18)22(15-8-2-1-3-9-15)27(20)24(29)26(23)16-10-4-5-11-16/h6-7,12-13,15-16,22,25,28H,1-5,8-11,14H2. The van der Waals surface area contributed by atoms with Crippen LogP contribution in [0.5, 0.6) is 5.88 Å². The van der Waals surface area contributed by atoms with Crippen molar-refractivity contribution >= 4 is 23.1 Å². The average Bonchev–Trinajstić information content (AvgIpc) is 3.45. The lowest BCUT2D eigenvalue weighted by Crippen LogP contribution is -2.28. The lowest BCUT2D eigenvalue weighted by molar-refractivity contribution is 0.265. The summed E-state index contributed by atoms with van der Waals surface area (Å²) in [7, 11) is 0. The Morgan fingerprint density at radius 3 is 2.45 bits per heavy atom. The van der Waals surface area contributed by atoms with Gasteiger partial charge >= 0.3 is 0 Å². The predicted molar refractivity (Wildman–Crippen MR) is 118 cm³/mol. The van der Waals surface area contributed by atoms with Gasteiger partial charge in [-0.25, -0.2) is 0 Å². The molecular weight excluding hydrogens is 378 g/mol. The summed E-state index contributed by atoms with van der Waals surface area (Å²) in [6, 6.07) is 9.21. The molecule has 0 radical (unpaired) electrons.